The Balaban J connectivity index is 1.63. The van der Waals surface area contributed by atoms with Crippen LogP contribution < -0.4 is 5.32 Å². The van der Waals surface area contributed by atoms with Crippen LogP contribution in [-0.4, -0.2) is 29.8 Å². The van der Waals surface area contributed by atoms with Crippen molar-refractivity contribution in [2.24, 2.45) is 5.92 Å². The molecule has 0 bridgehead atoms. The van der Waals surface area contributed by atoms with E-state index < -0.39 is 0 Å². The normalized spacial score (nSPS) is 15.0. The monoisotopic (exact) mass is 340 g/mol. The fourth-order valence-electron chi connectivity index (χ4n) is 2.89. The van der Waals surface area contributed by atoms with Gasteiger partial charge in [0.05, 0.1) is 0 Å². The number of carbonyl (C=O) groups excluding carboxylic acids is 2. The van der Waals surface area contributed by atoms with Crippen molar-refractivity contribution in [3.63, 3.8) is 0 Å². The van der Waals surface area contributed by atoms with Gasteiger partial charge in [-0.1, -0.05) is 6.92 Å². The fraction of sp³-hybridized carbons (Fsp3) is 0.300. The molecule has 25 heavy (non-hydrogen) atoms. The molecule has 0 unspecified atom stereocenters. The Bertz CT molecular complexity index is 748. The van der Waals surface area contributed by atoms with E-state index in [2.05, 4.69) is 12.2 Å². The van der Waals surface area contributed by atoms with Crippen LogP contribution in [0.3, 0.4) is 0 Å². The van der Waals surface area contributed by atoms with Gasteiger partial charge in [-0.25, -0.2) is 4.39 Å². The number of benzene rings is 2. The molecule has 1 N–H and O–H groups in total. The molecule has 1 heterocycles. The first-order valence-corrected chi connectivity index (χ1v) is 8.49. The molecule has 4 nitrogen and oxygen atoms in total. The highest BCUT2D eigenvalue weighted by atomic mass is 19.1. The van der Waals surface area contributed by atoms with Crippen LogP contribution >= 0.6 is 0 Å². The number of rotatable bonds is 3. The number of likely N-dealkylation sites (tertiary alicyclic amines) is 1. The summed E-state index contributed by atoms with van der Waals surface area (Å²) >= 11 is 0. The lowest BCUT2D eigenvalue weighted by molar-refractivity contribution is 0.0697. The van der Waals surface area contributed by atoms with E-state index in [0.717, 1.165) is 25.9 Å². The summed E-state index contributed by atoms with van der Waals surface area (Å²) in [6.07, 6.45) is 2.08. The highest BCUT2D eigenvalue weighted by Gasteiger charge is 2.21. The van der Waals surface area contributed by atoms with E-state index in [9.17, 15) is 14.0 Å². The van der Waals surface area contributed by atoms with Crippen molar-refractivity contribution in [1.29, 1.82) is 0 Å². The van der Waals surface area contributed by atoms with E-state index in [4.69, 9.17) is 0 Å². The van der Waals surface area contributed by atoms with E-state index >= 15 is 0 Å². The second-order valence-corrected chi connectivity index (χ2v) is 6.51. The lowest BCUT2D eigenvalue weighted by Crippen LogP contribution is -2.37. The smallest absolute Gasteiger partial charge is 0.255 e. The summed E-state index contributed by atoms with van der Waals surface area (Å²) in [6, 6.07) is 12.2. The van der Waals surface area contributed by atoms with E-state index in [1.807, 2.05) is 4.90 Å². The maximum atomic E-state index is 12.9. The Hall–Kier alpha value is -2.69. The van der Waals surface area contributed by atoms with Crippen molar-refractivity contribution in [3.8, 4) is 0 Å². The van der Waals surface area contributed by atoms with E-state index in [-0.39, 0.29) is 17.6 Å². The van der Waals surface area contributed by atoms with Crippen LogP contribution in [0, 0.1) is 11.7 Å². The molecular weight excluding hydrogens is 319 g/mol. The molecule has 3 rings (SSSR count). The number of nitrogens with one attached hydrogen (secondary N) is 1. The molecule has 0 radical (unpaired) electrons. The summed E-state index contributed by atoms with van der Waals surface area (Å²) in [6.45, 7) is 3.80. The molecule has 1 fully saturated rings. The fourth-order valence-corrected chi connectivity index (χ4v) is 2.89. The molecule has 2 amide bonds. The largest absolute Gasteiger partial charge is 0.339 e. The van der Waals surface area contributed by atoms with Crippen LogP contribution in [0.15, 0.2) is 48.5 Å². The van der Waals surface area contributed by atoms with E-state index in [1.54, 1.807) is 24.3 Å². The molecule has 1 aliphatic rings. The number of nitrogens with zero attached hydrogens (tertiary/aromatic N) is 1. The van der Waals surface area contributed by atoms with Crippen LogP contribution in [0.4, 0.5) is 10.1 Å². The summed E-state index contributed by atoms with van der Waals surface area (Å²) in [5, 5.41) is 2.74. The first-order valence-electron chi connectivity index (χ1n) is 8.49. The predicted octanol–water partition coefficient (Wildman–Crippen LogP) is 3.95. The highest BCUT2D eigenvalue weighted by molar-refractivity contribution is 6.04. The van der Waals surface area contributed by atoms with Crippen molar-refractivity contribution in [1.82, 2.24) is 4.90 Å². The van der Waals surface area contributed by atoms with Gasteiger partial charge >= 0.3 is 0 Å². The van der Waals surface area contributed by atoms with Gasteiger partial charge in [-0.05, 0) is 67.3 Å². The zero-order valence-electron chi connectivity index (χ0n) is 14.2. The van der Waals surface area contributed by atoms with Crippen LogP contribution in [-0.2, 0) is 0 Å². The van der Waals surface area contributed by atoms with Crippen molar-refractivity contribution >= 4 is 17.5 Å². The average Bonchev–Trinajstić information content (AvgIpc) is 2.63. The van der Waals surface area contributed by atoms with Gasteiger partial charge in [0.1, 0.15) is 5.82 Å². The summed E-state index contributed by atoms with van der Waals surface area (Å²) in [5.74, 6) is 0.00651. The molecule has 2 aromatic carbocycles. The number of carbonyl (C=O) groups is 2. The molecule has 5 heteroatoms. The second kappa shape index (κ2) is 7.47. The van der Waals surface area contributed by atoms with Gasteiger partial charge < -0.3 is 10.2 Å². The minimum absolute atomic E-state index is 0.0308. The van der Waals surface area contributed by atoms with E-state index in [0.29, 0.717) is 22.7 Å². The van der Waals surface area contributed by atoms with Crippen molar-refractivity contribution < 1.29 is 14.0 Å². The number of hydrogen-bond donors (Lipinski definition) is 1. The number of amides is 2. The quantitative estimate of drug-likeness (QED) is 0.920. The molecule has 130 valence electrons. The summed E-state index contributed by atoms with van der Waals surface area (Å²) in [7, 11) is 0. The predicted molar refractivity (Wildman–Crippen MR) is 95.1 cm³/mol. The Morgan fingerprint density at radius 3 is 2.12 bits per heavy atom. The van der Waals surface area contributed by atoms with Crippen LogP contribution in [0.1, 0.15) is 40.5 Å². The molecule has 1 saturated heterocycles. The molecule has 0 aromatic heterocycles. The highest BCUT2D eigenvalue weighted by Crippen LogP contribution is 2.19. The van der Waals surface area contributed by atoms with Gasteiger partial charge in [0.25, 0.3) is 11.8 Å². The standard InChI is InChI=1S/C20H21FN2O2/c1-14-10-12-23(13-11-14)20(25)16-4-8-18(9-5-16)22-19(24)15-2-6-17(21)7-3-15/h2-9,14H,10-13H2,1H3,(H,22,24). The molecule has 0 spiro atoms. The van der Waals surface area contributed by atoms with Gasteiger partial charge in [0.15, 0.2) is 0 Å². The number of halogens is 1. The second-order valence-electron chi connectivity index (χ2n) is 6.51. The topological polar surface area (TPSA) is 49.4 Å². The van der Waals surface area contributed by atoms with Gasteiger partial charge in [0.2, 0.25) is 0 Å². The number of piperidine rings is 1. The third-order valence-corrected chi connectivity index (χ3v) is 4.57. The molecule has 0 atom stereocenters. The summed E-state index contributed by atoms with van der Waals surface area (Å²) in [5.41, 5.74) is 1.59. The Labute approximate surface area is 146 Å². The zero-order chi connectivity index (χ0) is 17.8. The molecular formula is C20H21FN2O2. The number of anilines is 1. The first-order chi connectivity index (χ1) is 12.0. The lowest BCUT2D eigenvalue weighted by atomic mass is 9.98. The SMILES string of the molecule is CC1CCN(C(=O)c2ccc(NC(=O)c3ccc(F)cc3)cc2)CC1. The van der Waals surface area contributed by atoms with Crippen molar-refractivity contribution in [3.05, 3.63) is 65.5 Å². The van der Waals surface area contributed by atoms with Gasteiger partial charge in [0, 0.05) is 29.9 Å². The van der Waals surface area contributed by atoms with Crippen molar-refractivity contribution in [2.75, 3.05) is 18.4 Å². The van der Waals surface area contributed by atoms with Gasteiger partial charge in [-0.3, -0.25) is 9.59 Å². The lowest BCUT2D eigenvalue weighted by Gasteiger charge is -2.30. The first kappa shape index (κ1) is 17.1. The van der Waals surface area contributed by atoms with Gasteiger partial charge in [-0.15, -0.1) is 0 Å². The zero-order valence-corrected chi connectivity index (χ0v) is 14.2. The summed E-state index contributed by atoms with van der Waals surface area (Å²) < 4.78 is 12.9. The third-order valence-electron chi connectivity index (χ3n) is 4.57. The maximum absolute atomic E-state index is 12.9. The van der Waals surface area contributed by atoms with Crippen LogP contribution in [0.25, 0.3) is 0 Å². The summed E-state index contributed by atoms with van der Waals surface area (Å²) in [4.78, 5) is 26.5. The average molecular weight is 340 g/mol. The minimum Gasteiger partial charge on any atom is -0.339 e. The third kappa shape index (κ3) is 4.24. The Morgan fingerprint density at radius 2 is 1.52 bits per heavy atom. The Kier molecular flexibility index (Phi) is 5.12. The Morgan fingerprint density at radius 1 is 0.960 bits per heavy atom. The van der Waals surface area contributed by atoms with Gasteiger partial charge in [-0.2, -0.15) is 0 Å². The molecule has 0 aliphatic carbocycles. The van der Waals surface area contributed by atoms with E-state index in [1.165, 1.54) is 24.3 Å². The van der Waals surface area contributed by atoms with Crippen molar-refractivity contribution in [2.45, 2.75) is 19.8 Å². The number of hydrogen-bond acceptors (Lipinski definition) is 2. The minimum atomic E-state index is -0.383. The van der Waals surface area contributed by atoms with Crippen LogP contribution in [0.2, 0.25) is 0 Å². The van der Waals surface area contributed by atoms with Crippen LogP contribution in [0.5, 0.6) is 0 Å². The molecule has 0 saturated carbocycles. The maximum Gasteiger partial charge on any atom is 0.255 e. The molecule has 1 aliphatic heterocycles. The molecule has 2 aromatic rings.